The summed E-state index contributed by atoms with van der Waals surface area (Å²) in [7, 11) is 0. The van der Waals surface area contributed by atoms with Crippen LogP contribution in [-0.2, 0) is 9.53 Å². The molecule has 1 amide bonds. The Morgan fingerprint density at radius 1 is 0.900 bits per heavy atom. The molecule has 1 atom stereocenters. The first-order valence-electron chi connectivity index (χ1n) is 10.8. The molecule has 0 bridgehead atoms. The van der Waals surface area contributed by atoms with Crippen molar-refractivity contribution in [2.75, 3.05) is 11.9 Å². The summed E-state index contributed by atoms with van der Waals surface area (Å²) in [5.74, 6) is 0.500. The molecule has 2 aromatic rings. The number of amides is 1. The van der Waals surface area contributed by atoms with E-state index in [0.717, 1.165) is 25.7 Å². The second kappa shape index (κ2) is 12.0. The molecule has 2 rings (SSSR count). The Kier molecular flexibility index (Phi) is 9.39. The molecule has 5 nitrogen and oxygen atoms in total. The lowest BCUT2D eigenvalue weighted by molar-refractivity contribution is -0.122. The molecular formula is C25H33NO4. The predicted molar refractivity (Wildman–Crippen MR) is 120 cm³/mol. The molecule has 0 aliphatic carbocycles. The lowest BCUT2D eigenvalue weighted by Gasteiger charge is -2.15. The number of rotatable bonds is 11. The Balaban J connectivity index is 1.82. The van der Waals surface area contributed by atoms with Crippen LogP contribution in [0.3, 0.4) is 0 Å². The highest BCUT2D eigenvalue weighted by atomic mass is 16.5. The highest BCUT2D eigenvalue weighted by Crippen LogP contribution is 2.20. The predicted octanol–water partition coefficient (Wildman–Crippen LogP) is 5.95. The molecule has 0 aromatic heterocycles. The summed E-state index contributed by atoms with van der Waals surface area (Å²) < 4.78 is 11.0. The lowest BCUT2D eigenvalue weighted by Crippen LogP contribution is -2.30. The van der Waals surface area contributed by atoms with Crippen LogP contribution in [0.5, 0.6) is 5.75 Å². The minimum atomic E-state index is -0.650. The van der Waals surface area contributed by atoms with E-state index in [1.807, 2.05) is 24.3 Å². The number of esters is 1. The Morgan fingerprint density at radius 2 is 1.57 bits per heavy atom. The van der Waals surface area contributed by atoms with E-state index >= 15 is 0 Å². The minimum Gasteiger partial charge on any atom is -0.481 e. The molecule has 2 aromatic carbocycles. The zero-order valence-electron chi connectivity index (χ0n) is 18.4. The summed E-state index contributed by atoms with van der Waals surface area (Å²) in [6.45, 7) is 8.54. The number of ether oxygens (including phenoxy) is 2. The molecule has 0 aliphatic heterocycles. The van der Waals surface area contributed by atoms with Crippen molar-refractivity contribution in [3.63, 3.8) is 0 Å². The molecule has 5 heteroatoms. The van der Waals surface area contributed by atoms with Crippen LogP contribution in [0.4, 0.5) is 5.69 Å². The molecule has 0 saturated heterocycles. The first kappa shape index (κ1) is 23.5. The van der Waals surface area contributed by atoms with Gasteiger partial charge in [0, 0.05) is 5.69 Å². The van der Waals surface area contributed by atoms with E-state index in [-0.39, 0.29) is 11.9 Å². The lowest BCUT2D eigenvalue weighted by atomic mass is 10.0. The quantitative estimate of drug-likeness (QED) is 0.366. The van der Waals surface area contributed by atoms with E-state index in [1.165, 1.54) is 5.56 Å². The van der Waals surface area contributed by atoms with Gasteiger partial charge in [0.05, 0.1) is 12.2 Å². The maximum atomic E-state index is 12.4. The fourth-order valence-corrected chi connectivity index (χ4v) is 2.90. The van der Waals surface area contributed by atoms with Gasteiger partial charge >= 0.3 is 5.97 Å². The highest BCUT2D eigenvalue weighted by Gasteiger charge is 2.15. The Hall–Kier alpha value is -2.82. The van der Waals surface area contributed by atoms with Gasteiger partial charge in [0.25, 0.3) is 5.91 Å². The summed E-state index contributed by atoms with van der Waals surface area (Å²) in [5.41, 5.74) is 2.29. The van der Waals surface area contributed by atoms with Gasteiger partial charge in [0.15, 0.2) is 6.10 Å². The Morgan fingerprint density at radius 3 is 2.17 bits per heavy atom. The van der Waals surface area contributed by atoms with Gasteiger partial charge < -0.3 is 14.8 Å². The second-order valence-corrected chi connectivity index (χ2v) is 7.75. The monoisotopic (exact) mass is 411 g/mol. The van der Waals surface area contributed by atoms with Crippen molar-refractivity contribution in [1.82, 2.24) is 0 Å². The van der Waals surface area contributed by atoms with E-state index in [9.17, 15) is 9.59 Å². The first-order chi connectivity index (χ1) is 14.4. The molecule has 0 aliphatic rings. The van der Waals surface area contributed by atoms with E-state index < -0.39 is 6.10 Å². The number of carbonyl (C=O) groups excluding carboxylic acids is 2. The molecule has 0 radical (unpaired) electrons. The molecule has 1 unspecified atom stereocenters. The van der Waals surface area contributed by atoms with Gasteiger partial charge in [-0.25, -0.2) is 4.79 Å². The third-order valence-electron chi connectivity index (χ3n) is 4.85. The average Bonchev–Trinajstić information content (AvgIpc) is 2.74. The number of hydrogen-bond acceptors (Lipinski definition) is 4. The standard InChI is InChI=1S/C25H33NO4/c1-5-6-7-8-17-29-25(28)21-9-13-22(14-10-21)26-24(27)19(4)30-23-15-11-20(12-16-23)18(2)3/h9-16,18-19H,5-8,17H2,1-4H3,(H,26,27). The minimum absolute atomic E-state index is 0.255. The Bertz CT molecular complexity index is 797. The molecule has 0 fully saturated rings. The van der Waals surface area contributed by atoms with Crippen LogP contribution >= 0.6 is 0 Å². The zero-order valence-corrected chi connectivity index (χ0v) is 18.4. The number of anilines is 1. The summed E-state index contributed by atoms with van der Waals surface area (Å²) in [5, 5.41) is 2.81. The largest absolute Gasteiger partial charge is 0.481 e. The number of unbranched alkanes of at least 4 members (excludes halogenated alkanes) is 3. The maximum Gasteiger partial charge on any atom is 0.338 e. The molecule has 1 N–H and O–H groups in total. The summed E-state index contributed by atoms with van der Waals surface area (Å²) in [6, 6.07) is 14.5. The van der Waals surface area contributed by atoms with Gasteiger partial charge in [0.1, 0.15) is 5.75 Å². The van der Waals surface area contributed by atoms with E-state index in [0.29, 0.717) is 29.5 Å². The van der Waals surface area contributed by atoms with E-state index in [1.54, 1.807) is 31.2 Å². The van der Waals surface area contributed by atoms with Crippen LogP contribution in [0.25, 0.3) is 0 Å². The molecule has 30 heavy (non-hydrogen) atoms. The van der Waals surface area contributed by atoms with Crippen molar-refractivity contribution in [3.8, 4) is 5.75 Å². The van der Waals surface area contributed by atoms with Crippen LogP contribution in [0.1, 0.15) is 75.2 Å². The van der Waals surface area contributed by atoms with Gasteiger partial charge in [-0.1, -0.05) is 52.2 Å². The zero-order chi connectivity index (χ0) is 21.9. The van der Waals surface area contributed by atoms with E-state index in [2.05, 4.69) is 26.1 Å². The fourth-order valence-electron chi connectivity index (χ4n) is 2.90. The van der Waals surface area contributed by atoms with Gasteiger partial charge in [-0.2, -0.15) is 0 Å². The molecule has 0 saturated carbocycles. The molecule has 0 spiro atoms. The fraction of sp³-hybridized carbons (Fsp3) is 0.440. The van der Waals surface area contributed by atoms with Crippen molar-refractivity contribution >= 4 is 17.6 Å². The molecular weight excluding hydrogens is 378 g/mol. The van der Waals surface area contributed by atoms with Crippen molar-refractivity contribution in [2.24, 2.45) is 0 Å². The van der Waals surface area contributed by atoms with Crippen molar-refractivity contribution in [1.29, 1.82) is 0 Å². The smallest absolute Gasteiger partial charge is 0.338 e. The maximum absolute atomic E-state index is 12.4. The third-order valence-corrected chi connectivity index (χ3v) is 4.85. The highest BCUT2D eigenvalue weighted by molar-refractivity contribution is 5.95. The first-order valence-corrected chi connectivity index (χ1v) is 10.8. The number of benzene rings is 2. The van der Waals surface area contributed by atoms with Gasteiger partial charge in [0.2, 0.25) is 0 Å². The summed E-state index contributed by atoms with van der Waals surface area (Å²) in [4.78, 5) is 24.5. The van der Waals surface area contributed by atoms with Gasteiger partial charge in [-0.3, -0.25) is 4.79 Å². The summed E-state index contributed by atoms with van der Waals surface area (Å²) in [6.07, 6.45) is 3.59. The van der Waals surface area contributed by atoms with Crippen molar-refractivity contribution in [2.45, 2.75) is 65.4 Å². The van der Waals surface area contributed by atoms with Crippen LogP contribution in [0.2, 0.25) is 0 Å². The number of carbonyl (C=O) groups is 2. The average molecular weight is 412 g/mol. The van der Waals surface area contributed by atoms with Crippen molar-refractivity contribution < 1.29 is 19.1 Å². The van der Waals surface area contributed by atoms with Gasteiger partial charge in [-0.05, 0) is 61.2 Å². The summed E-state index contributed by atoms with van der Waals surface area (Å²) >= 11 is 0. The van der Waals surface area contributed by atoms with Crippen LogP contribution in [-0.4, -0.2) is 24.6 Å². The van der Waals surface area contributed by atoms with Crippen LogP contribution in [0.15, 0.2) is 48.5 Å². The Labute approximate surface area is 179 Å². The van der Waals surface area contributed by atoms with E-state index in [4.69, 9.17) is 9.47 Å². The normalized spacial score (nSPS) is 11.8. The number of nitrogens with one attached hydrogen (secondary N) is 1. The van der Waals surface area contributed by atoms with Crippen LogP contribution < -0.4 is 10.1 Å². The molecule has 0 heterocycles. The van der Waals surface area contributed by atoms with Crippen LogP contribution in [0, 0.1) is 0 Å². The third kappa shape index (κ3) is 7.54. The van der Waals surface area contributed by atoms with Crippen molar-refractivity contribution in [3.05, 3.63) is 59.7 Å². The topological polar surface area (TPSA) is 64.6 Å². The number of hydrogen-bond donors (Lipinski definition) is 1. The van der Waals surface area contributed by atoms with Gasteiger partial charge in [-0.15, -0.1) is 0 Å². The SMILES string of the molecule is CCCCCCOC(=O)c1ccc(NC(=O)C(C)Oc2ccc(C(C)C)cc2)cc1. The molecule has 162 valence electrons. The second-order valence-electron chi connectivity index (χ2n) is 7.75.